The van der Waals surface area contributed by atoms with Crippen molar-refractivity contribution >= 4 is 23.5 Å². The lowest BCUT2D eigenvalue weighted by Crippen LogP contribution is -2.39. The number of carbonyl (C=O) groups is 3. The molecule has 1 aromatic carbocycles. The van der Waals surface area contributed by atoms with Crippen LogP contribution in [0.25, 0.3) is 0 Å². The average Bonchev–Trinajstić information content (AvgIpc) is 3.13. The van der Waals surface area contributed by atoms with Crippen LogP contribution in [-0.2, 0) is 19.1 Å². The summed E-state index contributed by atoms with van der Waals surface area (Å²) in [5.41, 5.74) is 0.472. The van der Waals surface area contributed by atoms with Gasteiger partial charge in [0.1, 0.15) is 0 Å². The molecule has 0 spiro atoms. The van der Waals surface area contributed by atoms with Crippen LogP contribution in [0.5, 0.6) is 0 Å². The fourth-order valence-electron chi connectivity index (χ4n) is 2.43. The zero-order chi connectivity index (χ0) is 18.1. The van der Waals surface area contributed by atoms with Gasteiger partial charge in [-0.1, -0.05) is 25.5 Å². The lowest BCUT2D eigenvalue weighted by Gasteiger charge is -2.12. The monoisotopic (exact) mass is 348 g/mol. The molecule has 25 heavy (non-hydrogen) atoms. The molecule has 1 aliphatic heterocycles. The molecule has 1 aromatic rings. The van der Waals surface area contributed by atoms with Gasteiger partial charge in [-0.3, -0.25) is 9.59 Å². The Morgan fingerprint density at radius 2 is 2.04 bits per heavy atom. The molecular weight excluding hydrogens is 324 g/mol. The first-order valence-electron chi connectivity index (χ1n) is 8.58. The van der Waals surface area contributed by atoms with E-state index in [0.29, 0.717) is 19.8 Å². The third kappa shape index (κ3) is 5.86. The number of benzene rings is 1. The lowest BCUT2D eigenvalue weighted by atomic mass is 10.1. The molecule has 136 valence electrons. The van der Waals surface area contributed by atoms with Crippen molar-refractivity contribution in [2.45, 2.75) is 38.7 Å². The van der Waals surface area contributed by atoms with Crippen molar-refractivity contribution in [3.8, 4) is 0 Å². The van der Waals surface area contributed by atoms with Crippen molar-refractivity contribution in [1.29, 1.82) is 0 Å². The number of hydrogen-bond acceptors (Lipinski definition) is 5. The number of carbonyl (C=O) groups excluding carboxylic acids is 3. The van der Waals surface area contributed by atoms with Crippen LogP contribution in [0, 0.1) is 0 Å². The molecule has 0 saturated carbocycles. The number of ether oxygens (including phenoxy) is 2. The van der Waals surface area contributed by atoms with Crippen LogP contribution in [0.2, 0.25) is 0 Å². The molecular formula is C18H24N2O5. The normalized spacial score (nSPS) is 16.3. The summed E-state index contributed by atoms with van der Waals surface area (Å²) >= 11 is 0. The molecule has 1 aliphatic rings. The number of hydrogen-bond donors (Lipinski definition) is 2. The number of rotatable bonds is 7. The number of anilines is 1. The molecule has 7 nitrogen and oxygen atoms in total. The Morgan fingerprint density at radius 1 is 1.24 bits per heavy atom. The Kier molecular flexibility index (Phi) is 7.40. The summed E-state index contributed by atoms with van der Waals surface area (Å²) in [5, 5.41) is 5.01. The first-order valence-corrected chi connectivity index (χ1v) is 8.58. The largest absolute Gasteiger partial charge is 0.462 e. The Balaban J connectivity index is 1.90. The summed E-state index contributed by atoms with van der Waals surface area (Å²) in [4.78, 5) is 36.0. The Hall–Kier alpha value is -2.41. The minimum Gasteiger partial charge on any atom is -0.462 e. The van der Waals surface area contributed by atoms with Gasteiger partial charge >= 0.3 is 17.8 Å². The number of esters is 1. The van der Waals surface area contributed by atoms with Gasteiger partial charge in [0.25, 0.3) is 0 Å². The summed E-state index contributed by atoms with van der Waals surface area (Å²) in [6, 6.07) is 6.45. The van der Waals surface area contributed by atoms with E-state index in [1.54, 1.807) is 24.3 Å². The van der Waals surface area contributed by atoms with Gasteiger partial charge in [0.15, 0.2) is 0 Å². The van der Waals surface area contributed by atoms with Crippen molar-refractivity contribution in [2.24, 2.45) is 0 Å². The molecule has 2 N–H and O–H groups in total. The van der Waals surface area contributed by atoms with Crippen LogP contribution >= 0.6 is 0 Å². The molecule has 7 heteroatoms. The van der Waals surface area contributed by atoms with Crippen LogP contribution in [0.15, 0.2) is 24.3 Å². The molecule has 1 saturated heterocycles. The third-order valence-corrected chi connectivity index (χ3v) is 3.85. The predicted molar refractivity (Wildman–Crippen MR) is 92.2 cm³/mol. The molecule has 0 aliphatic carbocycles. The standard InChI is InChI=1S/C18H24N2O5/c1-2-3-10-25-18(23)14-8-4-5-9-15(14)20-17(22)16(21)19-12-13-7-6-11-24-13/h4-5,8-9,13H,2-3,6-7,10-12H2,1H3,(H,19,21)(H,20,22). The van der Waals surface area contributed by atoms with E-state index in [2.05, 4.69) is 10.6 Å². The average molecular weight is 348 g/mol. The minimum atomic E-state index is -0.827. The summed E-state index contributed by atoms with van der Waals surface area (Å²) < 4.78 is 10.5. The maximum absolute atomic E-state index is 12.1. The van der Waals surface area contributed by atoms with Crippen LogP contribution < -0.4 is 10.6 Å². The highest BCUT2D eigenvalue weighted by Crippen LogP contribution is 2.16. The molecule has 0 bridgehead atoms. The highest BCUT2D eigenvalue weighted by Gasteiger charge is 2.21. The third-order valence-electron chi connectivity index (χ3n) is 3.85. The number of nitrogens with one attached hydrogen (secondary N) is 2. The Bertz CT molecular complexity index is 611. The van der Waals surface area contributed by atoms with E-state index in [9.17, 15) is 14.4 Å². The summed E-state index contributed by atoms with van der Waals surface area (Å²) in [6.45, 7) is 3.30. The van der Waals surface area contributed by atoms with Crippen molar-refractivity contribution in [3.05, 3.63) is 29.8 Å². The van der Waals surface area contributed by atoms with E-state index >= 15 is 0 Å². The van der Waals surface area contributed by atoms with Gasteiger partial charge in [-0.05, 0) is 31.4 Å². The van der Waals surface area contributed by atoms with E-state index in [0.717, 1.165) is 25.7 Å². The molecule has 2 amide bonds. The maximum Gasteiger partial charge on any atom is 0.340 e. The van der Waals surface area contributed by atoms with E-state index in [-0.39, 0.29) is 17.4 Å². The zero-order valence-corrected chi connectivity index (χ0v) is 14.4. The number of amides is 2. The van der Waals surface area contributed by atoms with Gasteiger partial charge in [0.05, 0.1) is 24.0 Å². The first kappa shape index (κ1) is 18.9. The van der Waals surface area contributed by atoms with Crippen LogP contribution in [0.4, 0.5) is 5.69 Å². The molecule has 0 aromatic heterocycles. The van der Waals surface area contributed by atoms with Crippen molar-refractivity contribution in [3.63, 3.8) is 0 Å². The van der Waals surface area contributed by atoms with Crippen LogP contribution in [-0.4, -0.2) is 43.6 Å². The summed E-state index contributed by atoms with van der Waals surface area (Å²) in [7, 11) is 0. The van der Waals surface area contributed by atoms with Crippen LogP contribution in [0.3, 0.4) is 0 Å². The van der Waals surface area contributed by atoms with Crippen molar-refractivity contribution in [2.75, 3.05) is 25.1 Å². The van der Waals surface area contributed by atoms with Crippen LogP contribution in [0.1, 0.15) is 43.0 Å². The quantitative estimate of drug-likeness (QED) is 0.446. The van der Waals surface area contributed by atoms with Gasteiger partial charge in [-0.15, -0.1) is 0 Å². The van der Waals surface area contributed by atoms with Gasteiger partial charge in [0, 0.05) is 13.2 Å². The fourth-order valence-corrected chi connectivity index (χ4v) is 2.43. The second-order valence-electron chi connectivity index (χ2n) is 5.83. The molecule has 0 radical (unpaired) electrons. The van der Waals surface area contributed by atoms with Gasteiger partial charge in [0.2, 0.25) is 0 Å². The predicted octanol–water partition coefficient (Wildman–Crippen LogP) is 1.88. The van der Waals surface area contributed by atoms with Crippen molar-refractivity contribution < 1.29 is 23.9 Å². The first-order chi connectivity index (χ1) is 12.1. The highest BCUT2D eigenvalue weighted by atomic mass is 16.5. The van der Waals surface area contributed by atoms with E-state index in [4.69, 9.17) is 9.47 Å². The number of para-hydroxylation sites is 1. The maximum atomic E-state index is 12.1. The van der Waals surface area contributed by atoms with E-state index < -0.39 is 17.8 Å². The minimum absolute atomic E-state index is 0.0439. The Morgan fingerprint density at radius 3 is 2.76 bits per heavy atom. The lowest BCUT2D eigenvalue weighted by molar-refractivity contribution is -0.136. The zero-order valence-electron chi connectivity index (χ0n) is 14.4. The molecule has 1 heterocycles. The second-order valence-corrected chi connectivity index (χ2v) is 5.83. The SMILES string of the molecule is CCCCOC(=O)c1ccccc1NC(=O)C(=O)NCC1CCCO1. The van der Waals surface area contributed by atoms with Gasteiger partial charge in [-0.25, -0.2) is 4.79 Å². The smallest absolute Gasteiger partial charge is 0.340 e. The van der Waals surface area contributed by atoms with Gasteiger partial charge < -0.3 is 20.1 Å². The summed E-state index contributed by atoms with van der Waals surface area (Å²) in [5.74, 6) is -2.11. The van der Waals surface area contributed by atoms with E-state index in [1.165, 1.54) is 0 Å². The fraction of sp³-hybridized carbons (Fsp3) is 0.500. The van der Waals surface area contributed by atoms with Crippen molar-refractivity contribution in [1.82, 2.24) is 5.32 Å². The van der Waals surface area contributed by atoms with E-state index in [1.807, 2.05) is 6.92 Å². The molecule has 1 atom stereocenters. The Labute approximate surface area is 147 Å². The topological polar surface area (TPSA) is 93.7 Å². The molecule has 2 rings (SSSR count). The molecule has 1 unspecified atom stereocenters. The van der Waals surface area contributed by atoms with Gasteiger partial charge in [-0.2, -0.15) is 0 Å². The number of unbranched alkanes of at least 4 members (excludes halogenated alkanes) is 1. The summed E-state index contributed by atoms with van der Waals surface area (Å²) in [6.07, 6.45) is 3.47. The molecule has 1 fully saturated rings. The second kappa shape index (κ2) is 9.78. The highest BCUT2D eigenvalue weighted by molar-refractivity contribution is 6.40.